The molecule has 2 aromatic heterocycles. The normalized spacial score (nSPS) is 10.4. The van der Waals surface area contributed by atoms with Crippen LogP contribution < -0.4 is 5.32 Å². The maximum Gasteiger partial charge on any atom is 0.0572 e. The number of anilines is 1. The summed E-state index contributed by atoms with van der Waals surface area (Å²) in [4.78, 5) is 0. The molecule has 2 aromatic rings. The van der Waals surface area contributed by atoms with E-state index in [2.05, 4.69) is 40.1 Å². The Morgan fingerprint density at radius 3 is 2.79 bits per heavy atom. The van der Waals surface area contributed by atoms with Crippen molar-refractivity contribution in [2.24, 2.45) is 0 Å². The Bertz CT molecular complexity index is 376. The summed E-state index contributed by atoms with van der Waals surface area (Å²) >= 11 is 1.72. The smallest absolute Gasteiger partial charge is 0.0572 e. The van der Waals surface area contributed by atoms with Crippen molar-refractivity contribution in [3.05, 3.63) is 33.8 Å². The van der Waals surface area contributed by atoms with Gasteiger partial charge < -0.3 is 5.32 Å². The van der Waals surface area contributed by atoms with E-state index in [0.29, 0.717) is 0 Å². The van der Waals surface area contributed by atoms with Gasteiger partial charge in [0.1, 0.15) is 0 Å². The van der Waals surface area contributed by atoms with Crippen LogP contribution in [0.1, 0.15) is 16.8 Å². The van der Waals surface area contributed by atoms with Crippen molar-refractivity contribution in [3.8, 4) is 0 Å². The van der Waals surface area contributed by atoms with Crippen molar-refractivity contribution < 1.29 is 0 Å². The number of rotatable bonds is 3. The highest BCUT2D eigenvalue weighted by Gasteiger charge is 2.01. The Morgan fingerprint density at radius 1 is 1.36 bits per heavy atom. The Balaban J connectivity index is 2.02. The number of thiophene rings is 1. The summed E-state index contributed by atoms with van der Waals surface area (Å²) in [5.41, 5.74) is 4.86. The van der Waals surface area contributed by atoms with Gasteiger partial charge in [-0.05, 0) is 30.4 Å². The van der Waals surface area contributed by atoms with E-state index in [9.17, 15) is 0 Å². The van der Waals surface area contributed by atoms with Gasteiger partial charge in [-0.1, -0.05) is 0 Å². The largest absolute Gasteiger partial charge is 0.379 e. The fourth-order valence-corrected chi connectivity index (χ4v) is 2.08. The van der Waals surface area contributed by atoms with Crippen LogP contribution in [0, 0.1) is 13.8 Å². The molecular weight excluding hydrogens is 194 g/mol. The van der Waals surface area contributed by atoms with Crippen LogP contribution >= 0.6 is 11.3 Å². The van der Waals surface area contributed by atoms with Crippen molar-refractivity contribution in [3.63, 3.8) is 0 Å². The van der Waals surface area contributed by atoms with E-state index >= 15 is 0 Å². The standard InChI is InChI=1S/C10H13N3S/c1-7-3-12-13-9(7)4-11-10-6-14-5-8(10)2/h3,5-6,11H,4H2,1-2H3,(H,12,13). The van der Waals surface area contributed by atoms with Gasteiger partial charge in [0.05, 0.1) is 18.4 Å². The zero-order chi connectivity index (χ0) is 9.97. The Kier molecular flexibility index (Phi) is 2.54. The number of nitrogens with zero attached hydrogens (tertiary/aromatic N) is 1. The molecule has 0 saturated carbocycles. The van der Waals surface area contributed by atoms with Crippen LogP contribution in [0.4, 0.5) is 5.69 Å². The molecule has 0 aromatic carbocycles. The highest BCUT2D eigenvalue weighted by molar-refractivity contribution is 7.08. The van der Waals surface area contributed by atoms with Gasteiger partial charge in [-0.15, -0.1) is 11.3 Å². The van der Waals surface area contributed by atoms with Crippen LogP contribution in [0.2, 0.25) is 0 Å². The Labute approximate surface area is 87.2 Å². The summed E-state index contributed by atoms with van der Waals surface area (Å²) in [6.45, 7) is 4.98. The molecular formula is C10H13N3S. The molecule has 0 radical (unpaired) electrons. The molecule has 0 spiro atoms. The first kappa shape index (κ1) is 9.27. The molecule has 0 aliphatic carbocycles. The molecule has 14 heavy (non-hydrogen) atoms. The van der Waals surface area contributed by atoms with E-state index in [4.69, 9.17) is 0 Å². The average molecular weight is 207 g/mol. The number of hydrogen-bond donors (Lipinski definition) is 2. The molecule has 3 nitrogen and oxygen atoms in total. The number of aryl methyl sites for hydroxylation is 2. The first-order valence-electron chi connectivity index (χ1n) is 4.53. The van der Waals surface area contributed by atoms with Gasteiger partial charge in [-0.25, -0.2) is 0 Å². The van der Waals surface area contributed by atoms with Crippen LogP contribution in [0.25, 0.3) is 0 Å². The lowest BCUT2D eigenvalue weighted by Gasteiger charge is -2.04. The molecule has 0 atom stereocenters. The second-order valence-electron chi connectivity index (χ2n) is 3.35. The number of aromatic nitrogens is 2. The topological polar surface area (TPSA) is 40.7 Å². The minimum Gasteiger partial charge on any atom is -0.379 e. The minimum absolute atomic E-state index is 0.809. The summed E-state index contributed by atoms with van der Waals surface area (Å²) in [6.07, 6.45) is 1.84. The summed E-state index contributed by atoms with van der Waals surface area (Å²) in [6, 6.07) is 0. The summed E-state index contributed by atoms with van der Waals surface area (Å²) in [7, 11) is 0. The van der Waals surface area contributed by atoms with Gasteiger partial charge in [0.25, 0.3) is 0 Å². The molecule has 2 N–H and O–H groups in total. The lowest BCUT2D eigenvalue weighted by atomic mass is 10.2. The molecule has 4 heteroatoms. The van der Waals surface area contributed by atoms with Crippen molar-refractivity contribution in [1.29, 1.82) is 0 Å². The van der Waals surface area contributed by atoms with Crippen molar-refractivity contribution in [2.45, 2.75) is 20.4 Å². The van der Waals surface area contributed by atoms with E-state index in [0.717, 1.165) is 12.2 Å². The molecule has 2 heterocycles. The SMILES string of the molecule is Cc1cscc1NCc1[nH]ncc1C. The second kappa shape index (κ2) is 3.84. The summed E-state index contributed by atoms with van der Waals surface area (Å²) < 4.78 is 0. The molecule has 0 aliphatic rings. The van der Waals surface area contributed by atoms with Crippen LogP contribution in [-0.4, -0.2) is 10.2 Å². The van der Waals surface area contributed by atoms with E-state index < -0.39 is 0 Å². The zero-order valence-electron chi connectivity index (χ0n) is 8.29. The monoisotopic (exact) mass is 207 g/mol. The van der Waals surface area contributed by atoms with Crippen LogP contribution in [-0.2, 0) is 6.54 Å². The van der Waals surface area contributed by atoms with Crippen LogP contribution in [0.5, 0.6) is 0 Å². The average Bonchev–Trinajstić information content (AvgIpc) is 2.72. The third-order valence-electron chi connectivity index (χ3n) is 2.24. The number of hydrogen-bond acceptors (Lipinski definition) is 3. The van der Waals surface area contributed by atoms with Gasteiger partial charge in [-0.2, -0.15) is 5.10 Å². The van der Waals surface area contributed by atoms with E-state index in [1.807, 2.05) is 6.20 Å². The maximum atomic E-state index is 3.98. The molecule has 0 fully saturated rings. The van der Waals surface area contributed by atoms with E-state index in [-0.39, 0.29) is 0 Å². The predicted octanol–water partition coefficient (Wildman–Crippen LogP) is 2.70. The molecule has 2 rings (SSSR count). The van der Waals surface area contributed by atoms with Gasteiger partial charge >= 0.3 is 0 Å². The van der Waals surface area contributed by atoms with E-state index in [1.165, 1.54) is 16.8 Å². The highest BCUT2D eigenvalue weighted by Crippen LogP contribution is 2.20. The fourth-order valence-electron chi connectivity index (χ4n) is 1.28. The third-order valence-corrected chi connectivity index (χ3v) is 3.11. The molecule has 0 bridgehead atoms. The Morgan fingerprint density at radius 2 is 2.21 bits per heavy atom. The molecule has 0 unspecified atom stereocenters. The highest BCUT2D eigenvalue weighted by atomic mass is 32.1. The summed E-state index contributed by atoms with van der Waals surface area (Å²) in [5, 5.41) is 14.6. The number of nitrogens with one attached hydrogen (secondary N) is 2. The van der Waals surface area contributed by atoms with Gasteiger partial charge in [-0.3, -0.25) is 5.10 Å². The third kappa shape index (κ3) is 1.80. The van der Waals surface area contributed by atoms with Crippen LogP contribution in [0.15, 0.2) is 17.0 Å². The number of aromatic amines is 1. The molecule has 0 aliphatic heterocycles. The summed E-state index contributed by atoms with van der Waals surface area (Å²) in [5.74, 6) is 0. The van der Waals surface area contributed by atoms with Gasteiger partial charge in [0, 0.05) is 11.1 Å². The second-order valence-corrected chi connectivity index (χ2v) is 4.10. The van der Waals surface area contributed by atoms with Crippen molar-refractivity contribution in [1.82, 2.24) is 10.2 Å². The zero-order valence-corrected chi connectivity index (χ0v) is 9.11. The fraction of sp³-hybridized carbons (Fsp3) is 0.300. The quantitative estimate of drug-likeness (QED) is 0.812. The van der Waals surface area contributed by atoms with Crippen LogP contribution in [0.3, 0.4) is 0 Å². The van der Waals surface area contributed by atoms with E-state index in [1.54, 1.807) is 11.3 Å². The predicted molar refractivity (Wildman–Crippen MR) is 59.7 cm³/mol. The molecule has 0 amide bonds. The first-order valence-corrected chi connectivity index (χ1v) is 5.47. The van der Waals surface area contributed by atoms with Gasteiger partial charge in [0.2, 0.25) is 0 Å². The van der Waals surface area contributed by atoms with Crippen molar-refractivity contribution >= 4 is 17.0 Å². The first-order chi connectivity index (χ1) is 6.77. The lowest BCUT2D eigenvalue weighted by molar-refractivity contribution is 0.975. The Hall–Kier alpha value is -1.29. The molecule has 0 saturated heterocycles. The van der Waals surface area contributed by atoms with Crippen molar-refractivity contribution in [2.75, 3.05) is 5.32 Å². The number of H-pyrrole nitrogens is 1. The minimum atomic E-state index is 0.809. The van der Waals surface area contributed by atoms with Gasteiger partial charge in [0.15, 0.2) is 0 Å². The molecule has 74 valence electrons. The maximum absolute atomic E-state index is 3.98. The lowest BCUT2D eigenvalue weighted by Crippen LogP contribution is -2.01.